The molecular weight excluding hydrogens is 320 g/mol. The highest BCUT2D eigenvalue weighted by molar-refractivity contribution is 7.16. The maximum Gasteiger partial charge on any atom is 0.276 e. The molecule has 0 unspecified atom stereocenters. The van der Waals surface area contributed by atoms with Gasteiger partial charge in [0.2, 0.25) is 5.96 Å². The number of hydrogen-bond donors (Lipinski definition) is 2. The van der Waals surface area contributed by atoms with Gasteiger partial charge in [0, 0.05) is 6.04 Å². The van der Waals surface area contributed by atoms with Gasteiger partial charge in [0.1, 0.15) is 5.70 Å². The lowest BCUT2D eigenvalue weighted by atomic mass is 9.87. The number of aliphatic imine (C=N–C) groups is 1. The summed E-state index contributed by atoms with van der Waals surface area (Å²) in [6.07, 6.45) is 6.56. The maximum atomic E-state index is 12.2. The molecule has 0 radical (unpaired) electrons. The van der Waals surface area contributed by atoms with Crippen LogP contribution in [0, 0.1) is 5.92 Å². The molecule has 6 heteroatoms. The van der Waals surface area contributed by atoms with Crippen molar-refractivity contribution in [3.63, 3.8) is 0 Å². The van der Waals surface area contributed by atoms with Crippen molar-refractivity contribution < 1.29 is 4.79 Å². The maximum absolute atomic E-state index is 12.2. The summed E-state index contributed by atoms with van der Waals surface area (Å²) < 4.78 is 1.11. The minimum atomic E-state index is -0.147. The number of hydrogen-bond acceptors (Lipinski definition) is 5. The molecule has 1 aliphatic heterocycles. The van der Waals surface area contributed by atoms with Crippen LogP contribution in [0.3, 0.4) is 0 Å². The lowest BCUT2D eigenvalue weighted by Gasteiger charge is -2.27. The number of nitrogens with one attached hydrogen (secondary N) is 2. The Kier molecular flexibility index (Phi) is 4.06. The summed E-state index contributed by atoms with van der Waals surface area (Å²) in [5, 5.41) is 6.22. The van der Waals surface area contributed by atoms with E-state index in [9.17, 15) is 4.79 Å². The smallest absolute Gasteiger partial charge is 0.276 e. The third kappa shape index (κ3) is 3.19. The largest absolute Gasteiger partial charge is 0.353 e. The van der Waals surface area contributed by atoms with Gasteiger partial charge in [-0.2, -0.15) is 0 Å². The van der Waals surface area contributed by atoms with E-state index in [2.05, 4.69) is 27.5 Å². The number of guanidine groups is 1. The van der Waals surface area contributed by atoms with Crippen LogP contribution < -0.4 is 10.6 Å². The first-order valence-electron chi connectivity index (χ1n) is 8.39. The van der Waals surface area contributed by atoms with Gasteiger partial charge in [0.15, 0.2) is 0 Å². The Morgan fingerprint density at radius 3 is 2.96 bits per heavy atom. The fourth-order valence-electron chi connectivity index (χ4n) is 3.25. The van der Waals surface area contributed by atoms with Crippen molar-refractivity contribution in [3.8, 4) is 0 Å². The summed E-state index contributed by atoms with van der Waals surface area (Å²) >= 11 is 1.60. The van der Waals surface area contributed by atoms with Gasteiger partial charge in [0.25, 0.3) is 5.91 Å². The second-order valence-corrected chi connectivity index (χ2v) is 7.51. The van der Waals surface area contributed by atoms with Gasteiger partial charge in [-0.25, -0.2) is 9.98 Å². The topological polar surface area (TPSA) is 66.4 Å². The molecule has 0 atom stereocenters. The number of aromatic nitrogens is 1. The Bertz CT molecular complexity index is 830. The Balaban J connectivity index is 1.50. The van der Waals surface area contributed by atoms with E-state index < -0.39 is 0 Å². The quantitative estimate of drug-likeness (QED) is 0.825. The van der Waals surface area contributed by atoms with Crippen LogP contribution in [-0.4, -0.2) is 22.9 Å². The van der Waals surface area contributed by atoms with Crippen molar-refractivity contribution in [2.24, 2.45) is 10.9 Å². The zero-order valence-electron chi connectivity index (χ0n) is 13.6. The molecule has 5 nitrogen and oxygen atoms in total. The minimum absolute atomic E-state index is 0.147. The summed E-state index contributed by atoms with van der Waals surface area (Å²) in [7, 11) is 0. The molecule has 1 aromatic heterocycles. The molecule has 124 valence electrons. The van der Waals surface area contributed by atoms with Crippen LogP contribution in [0.2, 0.25) is 0 Å². The molecule has 1 aliphatic carbocycles. The number of thiazole rings is 1. The molecule has 0 spiro atoms. The lowest BCUT2D eigenvalue weighted by Crippen LogP contribution is -2.43. The molecule has 0 saturated heterocycles. The fourth-order valence-corrected chi connectivity index (χ4v) is 3.98. The first kappa shape index (κ1) is 15.3. The summed E-state index contributed by atoms with van der Waals surface area (Å²) in [5.41, 5.74) is 4.23. The Hall–Kier alpha value is -2.21. The van der Waals surface area contributed by atoms with Gasteiger partial charge >= 0.3 is 0 Å². The number of rotatable bonds is 2. The fraction of sp³-hybridized carbons (Fsp3) is 0.389. The number of carbonyl (C=O) groups excluding carboxylic acids is 1. The normalized spacial score (nSPS) is 25.8. The second-order valence-electron chi connectivity index (χ2n) is 6.62. The average molecular weight is 340 g/mol. The molecule has 0 bridgehead atoms. The van der Waals surface area contributed by atoms with Gasteiger partial charge in [-0.3, -0.25) is 10.1 Å². The van der Waals surface area contributed by atoms with E-state index in [4.69, 9.17) is 0 Å². The minimum Gasteiger partial charge on any atom is -0.353 e. The van der Waals surface area contributed by atoms with E-state index in [0.29, 0.717) is 17.7 Å². The summed E-state index contributed by atoms with van der Waals surface area (Å²) in [5.74, 6) is 1.25. The zero-order valence-corrected chi connectivity index (χ0v) is 14.4. The first-order chi connectivity index (χ1) is 11.7. The summed E-state index contributed by atoms with van der Waals surface area (Å²) in [6.45, 7) is 2.30. The summed E-state index contributed by atoms with van der Waals surface area (Å²) in [4.78, 5) is 20.9. The number of amides is 1. The standard InChI is InChI=1S/C18H20N4OS/c1-11-2-5-13(6-3-11)20-18-21-15(17(23)22-18)8-12-4-7-14-16(9-12)24-10-19-14/h4,7-11,13H,2-3,5-6H2,1H3,(H2,20,21,22,23)/b15-8-/t11-,13-. The highest BCUT2D eigenvalue weighted by atomic mass is 32.1. The van der Waals surface area contributed by atoms with Crippen molar-refractivity contribution in [2.75, 3.05) is 0 Å². The third-order valence-electron chi connectivity index (χ3n) is 4.71. The molecule has 24 heavy (non-hydrogen) atoms. The first-order valence-corrected chi connectivity index (χ1v) is 9.27. The number of carbonyl (C=O) groups is 1. The Labute approximate surface area is 144 Å². The molecule has 2 heterocycles. The molecule has 1 fully saturated rings. The Morgan fingerprint density at radius 2 is 2.12 bits per heavy atom. The van der Waals surface area contributed by atoms with Crippen molar-refractivity contribution in [1.29, 1.82) is 0 Å². The molecule has 2 aromatic rings. The molecule has 2 N–H and O–H groups in total. The average Bonchev–Trinajstić information content (AvgIpc) is 3.16. The number of fused-ring (bicyclic) bond motifs is 1. The Morgan fingerprint density at radius 1 is 1.29 bits per heavy atom. The van der Waals surface area contributed by atoms with Gasteiger partial charge < -0.3 is 5.32 Å². The van der Waals surface area contributed by atoms with E-state index in [0.717, 1.165) is 34.5 Å². The number of nitrogens with zero attached hydrogens (tertiary/aromatic N) is 2. The van der Waals surface area contributed by atoms with Gasteiger partial charge in [-0.05, 0) is 55.4 Å². The van der Waals surface area contributed by atoms with Crippen LogP contribution in [0.15, 0.2) is 34.4 Å². The van der Waals surface area contributed by atoms with E-state index in [1.165, 1.54) is 12.8 Å². The molecular formula is C18H20N4OS. The molecule has 1 aromatic carbocycles. The van der Waals surface area contributed by atoms with Gasteiger partial charge in [0.05, 0.1) is 15.7 Å². The molecule has 2 aliphatic rings. The molecule has 1 amide bonds. The molecule has 1 saturated carbocycles. The van der Waals surface area contributed by atoms with Crippen molar-refractivity contribution in [1.82, 2.24) is 15.6 Å². The van der Waals surface area contributed by atoms with Crippen LogP contribution in [-0.2, 0) is 4.79 Å². The lowest BCUT2D eigenvalue weighted by molar-refractivity contribution is -0.115. The number of benzene rings is 1. The highest BCUT2D eigenvalue weighted by Gasteiger charge is 2.24. The third-order valence-corrected chi connectivity index (χ3v) is 5.50. The van der Waals surface area contributed by atoms with E-state index in [-0.39, 0.29) is 5.91 Å². The van der Waals surface area contributed by atoms with E-state index in [1.54, 1.807) is 11.3 Å². The van der Waals surface area contributed by atoms with E-state index in [1.807, 2.05) is 29.8 Å². The SMILES string of the molecule is C[C@H]1CC[C@H](NC2=N/C(=C\c3ccc4ncsc4c3)C(=O)N2)CC1. The van der Waals surface area contributed by atoms with Crippen molar-refractivity contribution in [2.45, 2.75) is 38.6 Å². The summed E-state index contributed by atoms with van der Waals surface area (Å²) in [6, 6.07) is 6.38. The monoisotopic (exact) mass is 340 g/mol. The van der Waals surface area contributed by atoms with Crippen LogP contribution in [0.1, 0.15) is 38.2 Å². The second kappa shape index (κ2) is 6.36. The van der Waals surface area contributed by atoms with Crippen LogP contribution in [0.4, 0.5) is 0 Å². The van der Waals surface area contributed by atoms with Gasteiger partial charge in [-0.1, -0.05) is 13.0 Å². The highest BCUT2D eigenvalue weighted by Crippen LogP contribution is 2.24. The predicted molar refractivity (Wildman–Crippen MR) is 97.7 cm³/mol. The van der Waals surface area contributed by atoms with Crippen LogP contribution >= 0.6 is 11.3 Å². The molecule has 4 rings (SSSR count). The van der Waals surface area contributed by atoms with E-state index >= 15 is 0 Å². The van der Waals surface area contributed by atoms with Crippen LogP contribution in [0.25, 0.3) is 16.3 Å². The van der Waals surface area contributed by atoms with Gasteiger partial charge in [-0.15, -0.1) is 11.3 Å². The van der Waals surface area contributed by atoms with Crippen molar-refractivity contribution >= 4 is 39.5 Å². The predicted octanol–water partition coefficient (Wildman–Crippen LogP) is 3.29. The zero-order chi connectivity index (χ0) is 16.5. The van der Waals surface area contributed by atoms with Crippen LogP contribution in [0.5, 0.6) is 0 Å². The van der Waals surface area contributed by atoms with Crippen molar-refractivity contribution in [3.05, 3.63) is 35.0 Å².